The number of rotatable bonds is 4. The van der Waals surface area contributed by atoms with E-state index in [0.717, 1.165) is 41.9 Å². The van der Waals surface area contributed by atoms with Crippen LogP contribution >= 0.6 is 11.3 Å². The van der Waals surface area contributed by atoms with Crippen molar-refractivity contribution in [3.8, 4) is 10.6 Å². The maximum Gasteiger partial charge on any atom is 0.291 e. The van der Waals surface area contributed by atoms with Gasteiger partial charge in [-0.05, 0) is 31.9 Å². The van der Waals surface area contributed by atoms with Crippen molar-refractivity contribution >= 4 is 22.9 Å². The predicted octanol–water partition coefficient (Wildman–Crippen LogP) is 3.77. The van der Waals surface area contributed by atoms with Gasteiger partial charge in [0, 0.05) is 25.0 Å². The zero-order valence-electron chi connectivity index (χ0n) is 16.0. The molecular weight excluding hydrogens is 374 g/mol. The predicted molar refractivity (Wildman–Crippen MR) is 110 cm³/mol. The van der Waals surface area contributed by atoms with Crippen molar-refractivity contribution in [3.05, 3.63) is 51.6 Å². The van der Waals surface area contributed by atoms with E-state index in [1.807, 2.05) is 30.8 Å². The van der Waals surface area contributed by atoms with Crippen molar-refractivity contribution in [3.63, 3.8) is 0 Å². The molecular formula is C20H23N5O2S. The number of amides is 1. The van der Waals surface area contributed by atoms with Gasteiger partial charge in [-0.25, -0.2) is 9.67 Å². The molecule has 0 radical (unpaired) electrons. The molecule has 1 fully saturated rings. The minimum absolute atomic E-state index is 0.128. The highest BCUT2D eigenvalue weighted by molar-refractivity contribution is 7.17. The summed E-state index contributed by atoms with van der Waals surface area (Å²) >= 11 is 1.29. The molecule has 1 saturated carbocycles. The van der Waals surface area contributed by atoms with Crippen LogP contribution in [0.1, 0.15) is 53.5 Å². The molecule has 3 heterocycles. The van der Waals surface area contributed by atoms with Gasteiger partial charge in [-0.15, -0.1) is 11.3 Å². The molecule has 28 heavy (non-hydrogen) atoms. The van der Waals surface area contributed by atoms with E-state index in [4.69, 9.17) is 0 Å². The minimum Gasteiger partial charge on any atom is -0.315 e. The second-order valence-electron chi connectivity index (χ2n) is 7.15. The number of anilines is 1. The second-order valence-corrected chi connectivity index (χ2v) is 8.18. The van der Waals surface area contributed by atoms with Gasteiger partial charge >= 0.3 is 0 Å². The number of nitrogens with one attached hydrogen (secondary N) is 1. The Labute approximate surface area is 167 Å². The second kappa shape index (κ2) is 7.71. The van der Waals surface area contributed by atoms with Crippen LogP contribution in [-0.4, -0.2) is 25.2 Å². The summed E-state index contributed by atoms with van der Waals surface area (Å²) in [6.07, 6.45) is 10.5. The Morgan fingerprint density at radius 2 is 2.04 bits per heavy atom. The molecule has 3 aromatic heterocycles. The topological polar surface area (TPSA) is 81.8 Å². The van der Waals surface area contributed by atoms with E-state index >= 15 is 0 Å². The monoisotopic (exact) mass is 397 g/mol. The Balaban J connectivity index is 1.58. The smallest absolute Gasteiger partial charge is 0.291 e. The van der Waals surface area contributed by atoms with Crippen LogP contribution < -0.4 is 10.9 Å². The van der Waals surface area contributed by atoms with Crippen molar-refractivity contribution in [2.24, 2.45) is 7.05 Å². The lowest BCUT2D eigenvalue weighted by Crippen LogP contribution is -2.29. The van der Waals surface area contributed by atoms with E-state index in [0.29, 0.717) is 10.6 Å². The number of pyridine rings is 1. The van der Waals surface area contributed by atoms with E-state index in [9.17, 15) is 9.59 Å². The van der Waals surface area contributed by atoms with Crippen LogP contribution in [0.5, 0.6) is 0 Å². The lowest BCUT2D eigenvalue weighted by Gasteiger charge is -2.24. The van der Waals surface area contributed by atoms with Crippen molar-refractivity contribution < 1.29 is 4.79 Å². The fourth-order valence-corrected chi connectivity index (χ4v) is 4.59. The Hall–Kier alpha value is -2.74. The first-order valence-corrected chi connectivity index (χ1v) is 10.3. The highest BCUT2D eigenvalue weighted by Gasteiger charge is 2.24. The largest absolute Gasteiger partial charge is 0.315 e. The SMILES string of the molecule is Cc1c(NC(=O)c2cnc(-c3cccnc3)s2)c(=O)n(C2CCCCC2)n1C. The molecule has 0 atom stereocenters. The fraction of sp³-hybridized carbons (Fsp3) is 0.400. The van der Waals surface area contributed by atoms with E-state index in [-0.39, 0.29) is 17.5 Å². The summed E-state index contributed by atoms with van der Waals surface area (Å²) in [4.78, 5) is 34.6. The molecule has 0 aliphatic heterocycles. The molecule has 0 bridgehead atoms. The van der Waals surface area contributed by atoms with Crippen LogP contribution in [0, 0.1) is 6.92 Å². The molecule has 3 aromatic rings. The summed E-state index contributed by atoms with van der Waals surface area (Å²) in [6, 6.07) is 3.94. The number of hydrogen-bond acceptors (Lipinski definition) is 5. The van der Waals surface area contributed by atoms with Crippen molar-refractivity contribution in [1.29, 1.82) is 0 Å². The van der Waals surface area contributed by atoms with Gasteiger partial charge in [-0.2, -0.15) is 0 Å². The van der Waals surface area contributed by atoms with Crippen LogP contribution in [0.15, 0.2) is 35.5 Å². The average molecular weight is 398 g/mol. The lowest BCUT2D eigenvalue weighted by atomic mass is 9.96. The van der Waals surface area contributed by atoms with Gasteiger partial charge in [-0.1, -0.05) is 19.3 Å². The zero-order valence-corrected chi connectivity index (χ0v) is 16.8. The van der Waals surface area contributed by atoms with Crippen LogP contribution in [-0.2, 0) is 7.05 Å². The number of carbonyl (C=O) groups is 1. The van der Waals surface area contributed by atoms with Crippen LogP contribution in [0.3, 0.4) is 0 Å². The summed E-state index contributed by atoms with van der Waals surface area (Å²) < 4.78 is 3.68. The third-order valence-electron chi connectivity index (χ3n) is 5.39. The highest BCUT2D eigenvalue weighted by atomic mass is 32.1. The lowest BCUT2D eigenvalue weighted by molar-refractivity contribution is 0.103. The Bertz CT molecular complexity index is 1040. The molecule has 1 amide bonds. The maximum absolute atomic E-state index is 13.0. The van der Waals surface area contributed by atoms with Crippen LogP contribution in [0.25, 0.3) is 10.6 Å². The van der Waals surface area contributed by atoms with Crippen molar-refractivity contribution in [2.45, 2.75) is 45.1 Å². The first-order valence-electron chi connectivity index (χ1n) is 9.52. The Kier molecular flexibility index (Phi) is 5.13. The quantitative estimate of drug-likeness (QED) is 0.726. The molecule has 0 saturated heterocycles. The van der Waals surface area contributed by atoms with Crippen molar-refractivity contribution in [1.82, 2.24) is 19.3 Å². The molecule has 1 aliphatic carbocycles. The standard InChI is InChI=1S/C20H23N5O2S/c1-13-17(20(27)25(24(13)2)15-8-4-3-5-9-15)23-18(26)16-12-22-19(28-16)14-7-6-10-21-11-14/h6-7,10-12,15H,3-5,8-9H2,1-2H3,(H,23,26). The molecule has 4 rings (SSSR count). The molecule has 1 N–H and O–H groups in total. The Morgan fingerprint density at radius 3 is 2.75 bits per heavy atom. The number of hydrogen-bond donors (Lipinski definition) is 1. The van der Waals surface area contributed by atoms with Gasteiger partial charge in [0.1, 0.15) is 15.6 Å². The number of nitrogens with zero attached hydrogens (tertiary/aromatic N) is 4. The summed E-state index contributed by atoms with van der Waals surface area (Å²) in [5, 5.41) is 3.55. The van der Waals surface area contributed by atoms with E-state index in [2.05, 4.69) is 15.3 Å². The van der Waals surface area contributed by atoms with Gasteiger partial charge in [0.15, 0.2) is 0 Å². The van der Waals surface area contributed by atoms with E-state index in [1.165, 1.54) is 17.8 Å². The van der Waals surface area contributed by atoms with Crippen LogP contribution in [0.4, 0.5) is 5.69 Å². The number of carbonyl (C=O) groups excluding carboxylic acids is 1. The van der Waals surface area contributed by atoms with Gasteiger partial charge in [-0.3, -0.25) is 19.3 Å². The molecule has 0 spiro atoms. The highest BCUT2D eigenvalue weighted by Crippen LogP contribution is 2.29. The molecule has 146 valence electrons. The third kappa shape index (κ3) is 3.40. The molecule has 7 nitrogen and oxygen atoms in total. The molecule has 0 aromatic carbocycles. The maximum atomic E-state index is 13.0. The van der Waals surface area contributed by atoms with Gasteiger partial charge in [0.2, 0.25) is 0 Å². The fourth-order valence-electron chi connectivity index (χ4n) is 3.79. The number of aromatic nitrogens is 4. The third-order valence-corrected chi connectivity index (χ3v) is 6.43. The first-order chi connectivity index (χ1) is 13.6. The average Bonchev–Trinajstić information content (AvgIpc) is 3.30. The molecule has 8 heteroatoms. The Morgan fingerprint density at radius 1 is 1.25 bits per heavy atom. The molecule has 1 aliphatic rings. The van der Waals surface area contributed by atoms with Crippen LogP contribution in [0.2, 0.25) is 0 Å². The summed E-state index contributed by atoms with van der Waals surface area (Å²) in [7, 11) is 1.88. The number of thiazole rings is 1. The van der Waals surface area contributed by atoms with E-state index < -0.39 is 0 Å². The zero-order chi connectivity index (χ0) is 19.7. The van der Waals surface area contributed by atoms with Gasteiger partial charge in [0.05, 0.1) is 17.9 Å². The molecule has 0 unspecified atom stereocenters. The van der Waals surface area contributed by atoms with Crippen molar-refractivity contribution in [2.75, 3.05) is 5.32 Å². The summed E-state index contributed by atoms with van der Waals surface area (Å²) in [6.45, 7) is 1.87. The minimum atomic E-state index is -0.311. The van der Waals surface area contributed by atoms with E-state index in [1.54, 1.807) is 23.3 Å². The van der Waals surface area contributed by atoms with Gasteiger partial charge in [0.25, 0.3) is 11.5 Å². The normalized spacial score (nSPS) is 14.9. The summed E-state index contributed by atoms with van der Waals surface area (Å²) in [5.74, 6) is -0.311. The van der Waals surface area contributed by atoms with Gasteiger partial charge < -0.3 is 5.32 Å². The summed E-state index contributed by atoms with van der Waals surface area (Å²) in [5.41, 5.74) is 1.86. The first kappa shape index (κ1) is 18.6.